The maximum Gasteiger partial charge on any atom is 0.164 e. The Hall–Kier alpha value is -8.41. The highest BCUT2D eigenvalue weighted by molar-refractivity contribution is 6.16. The first kappa shape index (κ1) is 34.5. The van der Waals surface area contributed by atoms with Crippen LogP contribution in [0.5, 0.6) is 0 Å². The minimum absolute atomic E-state index is 0.578. The quantitative estimate of drug-likeness (QED) is 0.163. The molecule has 0 unspecified atom stereocenters. The first-order chi connectivity index (χ1) is 30.7. The first-order valence-corrected chi connectivity index (χ1v) is 20.9. The number of aromatic nitrogens is 4. The molecule has 0 amide bonds. The molecule has 0 aliphatic carbocycles. The smallest absolute Gasteiger partial charge is 0.164 e. The fourth-order valence-electron chi connectivity index (χ4n) is 9.46. The Morgan fingerprint density at radius 1 is 0.323 bits per heavy atom. The van der Waals surface area contributed by atoms with Crippen molar-refractivity contribution in [3.05, 3.63) is 206 Å². The molecular formula is C57H34N4O. The van der Waals surface area contributed by atoms with Gasteiger partial charge in [-0.3, -0.25) is 0 Å². The van der Waals surface area contributed by atoms with Gasteiger partial charge in [-0.1, -0.05) is 164 Å². The molecule has 62 heavy (non-hydrogen) atoms. The number of furan rings is 1. The van der Waals surface area contributed by atoms with Gasteiger partial charge in [0.25, 0.3) is 0 Å². The van der Waals surface area contributed by atoms with E-state index in [0.717, 1.165) is 82.6 Å². The maximum atomic E-state index is 6.83. The van der Waals surface area contributed by atoms with Crippen molar-refractivity contribution in [1.29, 1.82) is 0 Å². The number of rotatable bonds is 5. The summed E-state index contributed by atoms with van der Waals surface area (Å²) in [6.07, 6.45) is 0. The number of para-hydroxylation sites is 2. The van der Waals surface area contributed by atoms with E-state index in [-0.39, 0.29) is 0 Å². The molecule has 0 N–H and O–H groups in total. The molecule has 0 spiro atoms. The second-order valence-electron chi connectivity index (χ2n) is 16.0. The van der Waals surface area contributed by atoms with Gasteiger partial charge in [0.15, 0.2) is 23.1 Å². The SMILES string of the molecule is c1ccc(-c2ccc(-c3nc(-c4cc(-n5c6ccccc6c6cc7ccccc7cc65)c5oc6ccccc6c5c4)nc(-c4cc5ccccc5c5ccccc45)n3)cc2)cc1. The number of hydrogen-bond acceptors (Lipinski definition) is 4. The molecule has 288 valence electrons. The van der Waals surface area contributed by atoms with Crippen molar-refractivity contribution in [1.82, 2.24) is 19.5 Å². The second kappa shape index (κ2) is 13.6. The normalized spacial score (nSPS) is 11.9. The predicted molar refractivity (Wildman–Crippen MR) is 256 cm³/mol. The van der Waals surface area contributed by atoms with Gasteiger partial charge in [0, 0.05) is 38.2 Å². The zero-order chi connectivity index (χ0) is 40.7. The van der Waals surface area contributed by atoms with Gasteiger partial charge in [-0.15, -0.1) is 0 Å². The van der Waals surface area contributed by atoms with Crippen LogP contribution in [0.4, 0.5) is 0 Å². The van der Waals surface area contributed by atoms with Gasteiger partial charge >= 0.3 is 0 Å². The predicted octanol–water partition coefficient (Wildman–Crippen LogP) is 15.0. The average molecular weight is 791 g/mol. The minimum atomic E-state index is 0.578. The van der Waals surface area contributed by atoms with E-state index in [1.54, 1.807) is 0 Å². The van der Waals surface area contributed by atoms with Crippen LogP contribution in [0.2, 0.25) is 0 Å². The summed E-state index contributed by atoms with van der Waals surface area (Å²) in [7, 11) is 0. The van der Waals surface area contributed by atoms with Crippen LogP contribution in [0.15, 0.2) is 211 Å². The summed E-state index contributed by atoms with van der Waals surface area (Å²) in [6, 6.07) is 72.7. The summed E-state index contributed by atoms with van der Waals surface area (Å²) in [5.74, 6) is 1.79. The lowest BCUT2D eigenvalue weighted by molar-refractivity contribution is 0.666. The molecule has 0 saturated carbocycles. The van der Waals surface area contributed by atoms with Crippen LogP contribution in [0.25, 0.3) is 127 Å². The number of benzene rings is 10. The lowest BCUT2D eigenvalue weighted by Gasteiger charge is -2.14. The molecule has 0 radical (unpaired) electrons. The molecule has 10 aromatic carbocycles. The maximum absolute atomic E-state index is 6.83. The van der Waals surface area contributed by atoms with Crippen molar-refractivity contribution in [2.75, 3.05) is 0 Å². The summed E-state index contributed by atoms with van der Waals surface area (Å²) in [4.78, 5) is 16.1. The van der Waals surface area contributed by atoms with Gasteiger partial charge < -0.3 is 8.98 Å². The Morgan fingerprint density at radius 3 is 1.71 bits per heavy atom. The molecule has 0 atom stereocenters. The van der Waals surface area contributed by atoms with Crippen LogP contribution < -0.4 is 0 Å². The van der Waals surface area contributed by atoms with E-state index in [1.807, 2.05) is 18.2 Å². The second-order valence-corrected chi connectivity index (χ2v) is 16.0. The molecule has 0 aliphatic rings. The van der Waals surface area contributed by atoms with Crippen molar-refractivity contribution in [3.63, 3.8) is 0 Å². The van der Waals surface area contributed by atoms with E-state index in [1.165, 1.54) is 26.9 Å². The molecule has 3 heterocycles. The van der Waals surface area contributed by atoms with Crippen molar-refractivity contribution in [2.45, 2.75) is 0 Å². The fourth-order valence-corrected chi connectivity index (χ4v) is 9.46. The zero-order valence-corrected chi connectivity index (χ0v) is 33.3. The molecule has 0 saturated heterocycles. The van der Waals surface area contributed by atoms with Crippen LogP contribution in [0, 0.1) is 0 Å². The van der Waals surface area contributed by atoms with Gasteiger partial charge in [0.1, 0.15) is 5.58 Å². The summed E-state index contributed by atoms with van der Waals surface area (Å²) >= 11 is 0. The number of fused-ring (bicyclic) bond motifs is 10. The average Bonchev–Trinajstić information content (AvgIpc) is 3.88. The van der Waals surface area contributed by atoms with Crippen molar-refractivity contribution in [2.24, 2.45) is 0 Å². The summed E-state index contributed by atoms with van der Waals surface area (Å²) in [6.45, 7) is 0. The van der Waals surface area contributed by atoms with E-state index in [2.05, 4.69) is 193 Å². The molecular weight excluding hydrogens is 757 g/mol. The minimum Gasteiger partial charge on any atom is -0.454 e. The molecule has 13 aromatic rings. The van der Waals surface area contributed by atoms with Gasteiger partial charge in [0.2, 0.25) is 0 Å². The summed E-state index contributed by atoms with van der Waals surface area (Å²) < 4.78 is 9.19. The largest absolute Gasteiger partial charge is 0.454 e. The molecule has 3 aromatic heterocycles. The Bertz CT molecular complexity index is 3920. The molecule has 0 aliphatic heterocycles. The Balaban J connectivity index is 1.11. The third kappa shape index (κ3) is 5.38. The highest BCUT2D eigenvalue weighted by atomic mass is 16.3. The highest BCUT2D eigenvalue weighted by Gasteiger charge is 2.22. The Kier molecular flexibility index (Phi) is 7.54. The van der Waals surface area contributed by atoms with Crippen molar-refractivity contribution >= 4 is 76.1 Å². The van der Waals surface area contributed by atoms with E-state index in [4.69, 9.17) is 19.4 Å². The Labute approximate surface area is 355 Å². The monoisotopic (exact) mass is 790 g/mol. The standard InChI is InChI=1S/C57H34N4O/c1-2-14-35(15-3-1)36-26-28-37(29-27-36)55-58-56(60-57(59-55)49-31-40-18-6-7-19-42(40)43-20-8-9-21-44(43)49)41-32-48-46-23-11-13-25-53(46)62-54(48)52(34-41)61-50-24-12-10-22-45(50)47-30-38-16-4-5-17-39(38)33-51(47)61/h1-34H. The fraction of sp³-hybridized carbons (Fsp3) is 0. The van der Waals surface area contributed by atoms with Gasteiger partial charge in [0.05, 0.1) is 16.7 Å². The van der Waals surface area contributed by atoms with E-state index in [0.29, 0.717) is 17.5 Å². The van der Waals surface area contributed by atoms with Gasteiger partial charge in [-0.05, 0) is 85.9 Å². The summed E-state index contributed by atoms with van der Waals surface area (Å²) in [5.41, 5.74) is 9.75. The third-order valence-corrected chi connectivity index (χ3v) is 12.4. The molecule has 5 heteroatoms. The van der Waals surface area contributed by atoms with E-state index in [9.17, 15) is 0 Å². The number of nitrogens with zero attached hydrogens (tertiary/aromatic N) is 4. The lowest BCUT2D eigenvalue weighted by atomic mass is 9.96. The molecule has 0 fully saturated rings. The van der Waals surface area contributed by atoms with E-state index >= 15 is 0 Å². The topological polar surface area (TPSA) is 56.7 Å². The van der Waals surface area contributed by atoms with Gasteiger partial charge in [-0.25, -0.2) is 15.0 Å². The van der Waals surface area contributed by atoms with Crippen LogP contribution in [0.3, 0.4) is 0 Å². The van der Waals surface area contributed by atoms with Crippen molar-refractivity contribution < 1.29 is 4.42 Å². The lowest BCUT2D eigenvalue weighted by Crippen LogP contribution is -2.02. The first-order valence-electron chi connectivity index (χ1n) is 20.9. The molecule has 0 bridgehead atoms. The number of hydrogen-bond donors (Lipinski definition) is 0. The zero-order valence-electron chi connectivity index (χ0n) is 33.3. The summed E-state index contributed by atoms with van der Waals surface area (Å²) in [5, 5.41) is 11.3. The van der Waals surface area contributed by atoms with Crippen molar-refractivity contribution in [3.8, 4) is 51.0 Å². The van der Waals surface area contributed by atoms with Crippen LogP contribution in [-0.4, -0.2) is 19.5 Å². The van der Waals surface area contributed by atoms with Crippen LogP contribution >= 0.6 is 0 Å². The highest BCUT2D eigenvalue weighted by Crippen LogP contribution is 2.42. The van der Waals surface area contributed by atoms with Crippen LogP contribution in [0.1, 0.15) is 0 Å². The van der Waals surface area contributed by atoms with Crippen LogP contribution in [-0.2, 0) is 0 Å². The molecule has 5 nitrogen and oxygen atoms in total. The van der Waals surface area contributed by atoms with E-state index < -0.39 is 0 Å². The molecule has 13 rings (SSSR count). The van der Waals surface area contributed by atoms with Gasteiger partial charge in [-0.2, -0.15) is 0 Å². The third-order valence-electron chi connectivity index (χ3n) is 12.4. The Morgan fingerprint density at radius 2 is 0.903 bits per heavy atom.